The summed E-state index contributed by atoms with van der Waals surface area (Å²) in [6.07, 6.45) is -0.483. The molecule has 1 aromatic rings. The molecule has 18 heavy (non-hydrogen) atoms. The van der Waals surface area contributed by atoms with Crippen LogP contribution in [-0.4, -0.2) is 11.1 Å². The monoisotopic (exact) mass is 344 g/mol. The highest BCUT2D eigenvalue weighted by Crippen LogP contribution is 2.40. The van der Waals surface area contributed by atoms with Gasteiger partial charge in [-0.15, -0.1) is 0 Å². The van der Waals surface area contributed by atoms with Crippen LogP contribution in [0.1, 0.15) is 25.8 Å². The van der Waals surface area contributed by atoms with Crippen molar-refractivity contribution in [1.29, 1.82) is 0 Å². The van der Waals surface area contributed by atoms with E-state index in [1.54, 1.807) is 0 Å². The zero-order valence-electron chi connectivity index (χ0n) is 9.45. The van der Waals surface area contributed by atoms with Crippen LogP contribution in [0, 0.1) is 17.5 Å². The van der Waals surface area contributed by atoms with Crippen molar-refractivity contribution in [2.75, 3.05) is 0 Å². The fourth-order valence-corrected chi connectivity index (χ4v) is 2.87. The molecule has 1 rings (SSSR count). The van der Waals surface area contributed by atoms with Crippen molar-refractivity contribution in [2.24, 2.45) is 0 Å². The fraction of sp³-hybridized carbons (Fsp3) is 0.364. The van der Waals surface area contributed by atoms with E-state index in [2.05, 4.69) is 15.9 Å². The van der Waals surface area contributed by atoms with Gasteiger partial charge in [0.1, 0.15) is 5.02 Å². The van der Waals surface area contributed by atoms with Crippen LogP contribution in [0.2, 0.25) is 5.02 Å². The van der Waals surface area contributed by atoms with Gasteiger partial charge in [-0.25, -0.2) is 13.2 Å². The Kier molecular flexibility index (Phi) is 4.33. The molecule has 2 nitrogen and oxygen atoms in total. The minimum Gasteiger partial charge on any atom is -0.481 e. The van der Waals surface area contributed by atoms with Crippen molar-refractivity contribution in [2.45, 2.75) is 25.7 Å². The Morgan fingerprint density at radius 3 is 2.22 bits per heavy atom. The van der Waals surface area contributed by atoms with E-state index in [1.807, 2.05) is 0 Å². The summed E-state index contributed by atoms with van der Waals surface area (Å²) in [5, 5.41) is 7.77. The number of hydrogen-bond acceptors (Lipinski definition) is 1. The molecule has 0 saturated carbocycles. The Hall–Kier alpha value is -0.750. The highest BCUT2D eigenvalue weighted by molar-refractivity contribution is 9.10. The van der Waals surface area contributed by atoms with Crippen LogP contribution in [0.15, 0.2) is 4.47 Å². The van der Waals surface area contributed by atoms with Gasteiger partial charge in [-0.05, 0) is 15.9 Å². The molecule has 0 atom stereocenters. The third-order valence-electron chi connectivity index (χ3n) is 2.48. The Morgan fingerprint density at radius 1 is 1.28 bits per heavy atom. The first-order valence-electron chi connectivity index (χ1n) is 4.83. The molecule has 0 amide bonds. The standard InChI is InChI=1S/C11H9BrClF3O2/c1-11(2,3-4(17)18)5-6(12)9(15)7(13)10(16)8(5)14/h3H2,1-2H3,(H,17,18). The lowest BCUT2D eigenvalue weighted by molar-refractivity contribution is -0.138. The molecule has 0 unspecified atom stereocenters. The maximum atomic E-state index is 13.8. The zero-order valence-corrected chi connectivity index (χ0v) is 11.8. The van der Waals surface area contributed by atoms with Gasteiger partial charge >= 0.3 is 5.97 Å². The minimum atomic E-state index is -1.52. The summed E-state index contributed by atoms with van der Waals surface area (Å²) < 4.78 is 40.4. The normalized spacial score (nSPS) is 11.7. The average molecular weight is 346 g/mol. The molecule has 0 fully saturated rings. The number of benzene rings is 1. The minimum absolute atomic E-state index is 0.363. The predicted octanol–water partition coefficient (Wildman–Crippen LogP) is 4.27. The second kappa shape index (κ2) is 5.09. The Morgan fingerprint density at radius 2 is 1.78 bits per heavy atom. The van der Waals surface area contributed by atoms with Gasteiger partial charge in [-0.3, -0.25) is 4.79 Å². The van der Waals surface area contributed by atoms with E-state index >= 15 is 0 Å². The van der Waals surface area contributed by atoms with Crippen LogP contribution in [0.4, 0.5) is 13.2 Å². The summed E-state index contributed by atoms with van der Waals surface area (Å²) in [7, 11) is 0. The lowest BCUT2D eigenvalue weighted by Gasteiger charge is -2.25. The summed E-state index contributed by atoms with van der Waals surface area (Å²) in [6, 6.07) is 0. The molecule has 7 heteroatoms. The molecule has 0 aliphatic rings. The van der Waals surface area contributed by atoms with E-state index in [-0.39, 0.29) is 10.0 Å². The van der Waals surface area contributed by atoms with E-state index in [0.717, 1.165) is 0 Å². The number of rotatable bonds is 3. The van der Waals surface area contributed by atoms with Crippen molar-refractivity contribution >= 4 is 33.5 Å². The Bertz CT molecular complexity index is 488. The molecule has 0 aliphatic carbocycles. The van der Waals surface area contributed by atoms with Gasteiger partial charge in [0.05, 0.1) is 10.9 Å². The zero-order chi connectivity index (χ0) is 14.2. The molecule has 0 saturated heterocycles. The number of hydrogen-bond donors (Lipinski definition) is 1. The largest absolute Gasteiger partial charge is 0.481 e. The number of carboxylic acids is 1. The quantitative estimate of drug-likeness (QED) is 0.656. The second-order valence-corrected chi connectivity index (χ2v) is 5.57. The van der Waals surface area contributed by atoms with Crippen LogP contribution < -0.4 is 0 Å². The molecule has 0 bridgehead atoms. The fourth-order valence-electron chi connectivity index (χ4n) is 1.67. The van der Waals surface area contributed by atoms with E-state index < -0.39 is 40.3 Å². The smallest absolute Gasteiger partial charge is 0.304 e. The summed E-state index contributed by atoms with van der Waals surface area (Å²) in [5.74, 6) is -5.23. The predicted molar refractivity (Wildman–Crippen MR) is 64.3 cm³/mol. The molecule has 0 heterocycles. The highest BCUT2D eigenvalue weighted by Gasteiger charge is 2.34. The number of halogens is 5. The molecular weight excluding hydrogens is 336 g/mol. The summed E-state index contributed by atoms with van der Waals surface area (Å²) in [5.41, 5.74) is -1.68. The maximum absolute atomic E-state index is 13.8. The Balaban J connectivity index is 3.55. The molecule has 100 valence electrons. The van der Waals surface area contributed by atoms with Gasteiger partial charge in [0, 0.05) is 11.0 Å². The van der Waals surface area contributed by atoms with Crippen molar-refractivity contribution in [3.8, 4) is 0 Å². The first kappa shape index (κ1) is 15.3. The van der Waals surface area contributed by atoms with E-state index in [0.29, 0.717) is 0 Å². The number of aliphatic carboxylic acids is 1. The first-order chi connectivity index (χ1) is 8.09. The molecule has 1 N–H and O–H groups in total. The first-order valence-corrected chi connectivity index (χ1v) is 6.00. The highest BCUT2D eigenvalue weighted by atomic mass is 79.9. The molecular formula is C11H9BrClF3O2. The van der Waals surface area contributed by atoms with Crippen molar-refractivity contribution in [1.82, 2.24) is 0 Å². The van der Waals surface area contributed by atoms with E-state index in [1.165, 1.54) is 13.8 Å². The van der Waals surface area contributed by atoms with Crippen LogP contribution in [-0.2, 0) is 10.2 Å². The summed E-state index contributed by atoms with van der Waals surface area (Å²) in [6.45, 7) is 2.74. The van der Waals surface area contributed by atoms with E-state index in [4.69, 9.17) is 16.7 Å². The third kappa shape index (κ3) is 2.64. The molecule has 1 aromatic carbocycles. The molecule has 0 aromatic heterocycles. The lowest BCUT2D eigenvalue weighted by atomic mass is 9.81. The van der Waals surface area contributed by atoms with Gasteiger partial charge in [0.2, 0.25) is 0 Å². The van der Waals surface area contributed by atoms with Gasteiger partial charge in [0.15, 0.2) is 17.5 Å². The molecule has 0 aliphatic heterocycles. The van der Waals surface area contributed by atoms with Crippen LogP contribution in [0.3, 0.4) is 0 Å². The van der Waals surface area contributed by atoms with Crippen molar-refractivity contribution in [3.63, 3.8) is 0 Å². The van der Waals surface area contributed by atoms with Crippen LogP contribution in [0.5, 0.6) is 0 Å². The lowest BCUT2D eigenvalue weighted by Crippen LogP contribution is -2.25. The maximum Gasteiger partial charge on any atom is 0.304 e. The van der Waals surface area contributed by atoms with Crippen LogP contribution in [0.25, 0.3) is 0 Å². The number of carbonyl (C=O) groups is 1. The Labute approximate surface area is 115 Å². The molecule has 0 spiro atoms. The topological polar surface area (TPSA) is 37.3 Å². The van der Waals surface area contributed by atoms with Crippen molar-refractivity contribution in [3.05, 3.63) is 32.5 Å². The summed E-state index contributed by atoms with van der Waals surface area (Å²) >= 11 is 8.06. The van der Waals surface area contributed by atoms with E-state index in [9.17, 15) is 18.0 Å². The SMILES string of the molecule is CC(C)(CC(=O)O)c1c(F)c(F)c(Cl)c(F)c1Br. The van der Waals surface area contributed by atoms with Gasteiger partial charge in [-0.1, -0.05) is 25.4 Å². The van der Waals surface area contributed by atoms with Gasteiger partial charge < -0.3 is 5.11 Å². The van der Waals surface area contributed by atoms with Crippen LogP contribution >= 0.6 is 27.5 Å². The van der Waals surface area contributed by atoms with Gasteiger partial charge in [0.25, 0.3) is 0 Å². The molecule has 0 radical (unpaired) electrons. The van der Waals surface area contributed by atoms with Crippen molar-refractivity contribution < 1.29 is 23.1 Å². The summed E-state index contributed by atoms with van der Waals surface area (Å²) in [4.78, 5) is 10.7. The van der Waals surface area contributed by atoms with Gasteiger partial charge in [-0.2, -0.15) is 0 Å². The second-order valence-electron chi connectivity index (χ2n) is 4.40. The third-order valence-corrected chi connectivity index (χ3v) is 3.56. The average Bonchev–Trinajstić information content (AvgIpc) is 2.21. The number of carboxylic acid groups (broad SMARTS) is 1.